The van der Waals surface area contributed by atoms with Crippen molar-refractivity contribution in [1.82, 2.24) is 4.90 Å². The third-order valence-corrected chi connectivity index (χ3v) is 13.0. The largest absolute Gasteiger partial charge is 0.398 e. The Labute approximate surface area is 296 Å². The van der Waals surface area contributed by atoms with Crippen molar-refractivity contribution in [2.45, 2.75) is 89.9 Å². The number of nitrogens with two attached hydrogens (primary N) is 1. The Hall–Kier alpha value is -4.44. The van der Waals surface area contributed by atoms with Gasteiger partial charge in [-0.05, 0) is 76.3 Å². The standard InChI is InChI=1S/C46H48N2O2/c1-2-3-4-5-6-7-8-9-10-11-27-48-43(49)34-20-19-30-28-46-26-13-15-31-29-45-25-14-18-39(47)38(45)17-12-16-36(45)33(42(31)46)23-24-37(46)32-21-22-35(44(48)50)41(34)40(30)32/h12-26,36-37H,2-11,27-29,47H2,1H3. The van der Waals surface area contributed by atoms with Gasteiger partial charge >= 0.3 is 0 Å². The predicted molar refractivity (Wildman–Crippen MR) is 203 cm³/mol. The highest BCUT2D eigenvalue weighted by Crippen LogP contribution is 2.66. The van der Waals surface area contributed by atoms with E-state index < -0.39 is 0 Å². The van der Waals surface area contributed by atoms with Gasteiger partial charge in [-0.1, -0.05) is 138 Å². The number of benzene rings is 2. The molecule has 9 rings (SSSR count). The number of hydrogen-bond acceptors (Lipinski definition) is 3. The molecule has 1 heterocycles. The molecule has 6 aliphatic carbocycles. The first-order valence-electron chi connectivity index (χ1n) is 19.3. The van der Waals surface area contributed by atoms with E-state index in [0.29, 0.717) is 17.7 Å². The lowest BCUT2D eigenvalue weighted by molar-refractivity contribution is 0.0607. The molecule has 4 heteroatoms. The monoisotopic (exact) mass is 660 g/mol. The highest BCUT2D eigenvalue weighted by atomic mass is 16.2. The van der Waals surface area contributed by atoms with Crippen LogP contribution in [-0.4, -0.2) is 23.3 Å². The van der Waals surface area contributed by atoms with Gasteiger partial charge in [0.05, 0.1) is 0 Å². The van der Waals surface area contributed by atoms with Gasteiger partial charge in [-0.15, -0.1) is 0 Å². The fourth-order valence-corrected chi connectivity index (χ4v) is 10.7. The van der Waals surface area contributed by atoms with Gasteiger partial charge in [-0.25, -0.2) is 0 Å². The van der Waals surface area contributed by atoms with Crippen LogP contribution in [0.3, 0.4) is 0 Å². The SMILES string of the molecule is CCCCCCCCCCCCN1C(=O)c2ccc3c4c(ccc(c24)C1=O)C1C=CC2=C4C(=CC=CC41C3)CC13C=CC=C(N)C1=CC=CC23. The van der Waals surface area contributed by atoms with Crippen molar-refractivity contribution in [3.8, 4) is 0 Å². The van der Waals surface area contributed by atoms with Crippen molar-refractivity contribution < 1.29 is 9.59 Å². The summed E-state index contributed by atoms with van der Waals surface area (Å²) in [6.07, 6.45) is 39.2. The first-order valence-corrected chi connectivity index (χ1v) is 19.3. The molecular weight excluding hydrogens is 613 g/mol. The minimum absolute atomic E-state index is 0.122. The number of imide groups is 1. The number of carbonyl (C=O) groups is 2. The van der Waals surface area contributed by atoms with Crippen LogP contribution in [0, 0.1) is 16.7 Å². The van der Waals surface area contributed by atoms with Gasteiger partial charge in [0, 0.05) is 51.4 Å². The molecule has 2 aromatic rings. The zero-order valence-corrected chi connectivity index (χ0v) is 29.3. The summed E-state index contributed by atoms with van der Waals surface area (Å²) in [5.74, 6) is 0.0751. The number of amides is 2. The lowest BCUT2D eigenvalue weighted by Gasteiger charge is -2.55. The van der Waals surface area contributed by atoms with E-state index in [9.17, 15) is 9.59 Å². The molecule has 4 atom stereocenters. The highest BCUT2D eigenvalue weighted by molar-refractivity contribution is 6.26. The summed E-state index contributed by atoms with van der Waals surface area (Å²) in [7, 11) is 0. The molecule has 0 radical (unpaired) electrons. The second-order valence-corrected chi connectivity index (χ2v) is 15.7. The molecule has 2 aromatic carbocycles. The minimum Gasteiger partial charge on any atom is -0.398 e. The average molecular weight is 661 g/mol. The molecule has 0 saturated heterocycles. The van der Waals surface area contributed by atoms with E-state index in [1.807, 2.05) is 18.2 Å². The van der Waals surface area contributed by atoms with E-state index in [1.54, 1.807) is 0 Å². The molecule has 4 unspecified atom stereocenters. The van der Waals surface area contributed by atoms with Crippen molar-refractivity contribution in [3.05, 3.63) is 141 Å². The first kappa shape index (κ1) is 31.5. The van der Waals surface area contributed by atoms with Gasteiger partial charge in [-0.3, -0.25) is 14.5 Å². The molecule has 254 valence electrons. The Morgan fingerprint density at radius 1 is 0.720 bits per heavy atom. The van der Waals surface area contributed by atoms with Crippen LogP contribution in [-0.2, 0) is 6.42 Å². The van der Waals surface area contributed by atoms with E-state index >= 15 is 0 Å². The van der Waals surface area contributed by atoms with Gasteiger partial charge in [0.1, 0.15) is 0 Å². The number of hydrogen-bond donors (Lipinski definition) is 1. The molecule has 0 bridgehead atoms. The number of rotatable bonds is 11. The van der Waals surface area contributed by atoms with Crippen molar-refractivity contribution in [3.63, 3.8) is 0 Å². The van der Waals surface area contributed by atoms with Gasteiger partial charge in [-0.2, -0.15) is 0 Å². The van der Waals surface area contributed by atoms with Crippen LogP contribution in [0.15, 0.2) is 119 Å². The lowest BCUT2D eigenvalue weighted by atomic mass is 9.47. The summed E-state index contributed by atoms with van der Waals surface area (Å²) < 4.78 is 0. The van der Waals surface area contributed by atoms with Crippen LogP contribution in [0.25, 0.3) is 10.8 Å². The summed E-state index contributed by atoms with van der Waals surface area (Å²) in [5, 5.41) is 1.99. The van der Waals surface area contributed by atoms with E-state index in [0.717, 1.165) is 42.2 Å². The third kappa shape index (κ3) is 4.49. The number of carbonyl (C=O) groups excluding carboxylic acids is 2. The third-order valence-electron chi connectivity index (χ3n) is 13.0. The summed E-state index contributed by atoms with van der Waals surface area (Å²) in [6, 6.07) is 8.42. The molecular formula is C46H48N2O2. The Kier molecular flexibility index (Phi) is 7.64. The lowest BCUT2D eigenvalue weighted by Crippen LogP contribution is -2.46. The second-order valence-electron chi connectivity index (χ2n) is 15.7. The van der Waals surface area contributed by atoms with E-state index in [4.69, 9.17) is 5.73 Å². The van der Waals surface area contributed by atoms with E-state index in [-0.39, 0.29) is 34.5 Å². The molecule has 0 saturated carbocycles. The number of unbranched alkanes of at least 4 members (excludes halogenated alkanes) is 9. The molecule has 0 fully saturated rings. The normalized spacial score (nSPS) is 27.9. The zero-order valence-electron chi connectivity index (χ0n) is 29.3. The van der Waals surface area contributed by atoms with Gasteiger partial charge < -0.3 is 5.73 Å². The van der Waals surface area contributed by atoms with Crippen LogP contribution < -0.4 is 5.73 Å². The van der Waals surface area contributed by atoms with E-state index in [1.165, 1.54) is 89.7 Å². The van der Waals surface area contributed by atoms with Crippen LogP contribution in [0.1, 0.15) is 115 Å². The zero-order chi connectivity index (χ0) is 34.0. The minimum atomic E-state index is -0.215. The van der Waals surface area contributed by atoms with Gasteiger partial charge in [0.2, 0.25) is 0 Å². The maximum absolute atomic E-state index is 14.0. The van der Waals surface area contributed by atoms with Crippen molar-refractivity contribution >= 4 is 22.6 Å². The quantitative estimate of drug-likeness (QED) is 0.193. The summed E-state index contributed by atoms with van der Waals surface area (Å²) >= 11 is 0. The maximum Gasteiger partial charge on any atom is 0.261 e. The molecule has 2 amide bonds. The van der Waals surface area contributed by atoms with Crippen LogP contribution >= 0.6 is 0 Å². The van der Waals surface area contributed by atoms with E-state index in [2.05, 4.69) is 79.8 Å². The summed E-state index contributed by atoms with van der Waals surface area (Å²) in [6.45, 7) is 2.75. The Balaban J connectivity index is 1.000. The molecule has 2 spiro atoms. The smallest absolute Gasteiger partial charge is 0.261 e. The fraction of sp³-hybridized carbons (Fsp3) is 0.391. The van der Waals surface area contributed by atoms with Gasteiger partial charge in [0.25, 0.3) is 11.8 Å². The Morgan fingerprint density at radius 3 is 2.20 bits per heavy atom. The summed E-state index contributed by atoms with van der Waals surface area (Å²) in [4.78, 5) is 29.5. The molecule has 1 aliphatic heterocycles. The van der Waals surface area contributed by atoms with Crippen LogP contribution in [0.2, 0.25) is 0 Å². The molecule has 0 aromatic heterocycles. The molecule has 4 nitrogen and oxygen atoms in total. The fourth-order valence-electron chi connectivity index (χ4n) is 10.7. The van der Waals surface area contributed by atoms with Crippen molar-refractivity contribution in [2.24, 2.45) is 22.5 Å². The van der Waals surface area contributed by atoms with Crippen LogP contribution in [0.5, 0.6) is 0 Å². The summed E-state index contributed by atoms with van der Waals surface area (Å²) in [5.41, 5.74) is 16.4. The molecule has 7 aliphatic rings. The average Bonchev–Trinajstić information content (AvgIpc) is 3.12. The van der Waals surface area contributed by atoms with Crippen LogP contribution in [0.4, 0.5) is 0 Å². The predicted octanol–water partition coefficient (Wildman–Crippen LogP) is 10.3. The topological polar surface area (TPSA) is 63.4 Å². The van der Waals surface area contributed by atoms with Crippen molar-refractivity contribution in [2.75, 3.05) is 6.54 Å². The van der Waals surface area contributed by atoms with Crippen molar-refractivity contribution in [1.29, 1.82) is 0 Å². The number of nitrogens with zero attached hydrogens (tertiary/aromatic N) is 1. The number of fused-ring (bicyclic) bond motifs is 2. The molecule has 50 heavy (non-hydrogen) atoms. The van der Waals surface area contributed by atoms with Gasteiger partial charge in [0.15, 0.2) is 0 Å². The Bertz CT molecular complexity index is 2060. The Morgan fingerprint density at radius 2 is 1.42 bits per heavy atom. The molecule has 2 N–H and O–H groups in total. The second kappa shape index (κ2) is 12.1. The highest BCUT2D eigenvalue weighted by Gasteiger charge is 2.56. The first-order chi connectivity index (χ1) is 24.5. The number of allylic oxidation sites excluding steroid dienone is 15. The maximum atomic E-state index is 14.0.